The summed E-state index contributed by atoms with van der Waals surface area (Å²) in [6.45, 7) is 0. The Balaban J connectivity index is 1.98. The Morgan fingerprint density at radius 3 is 2.63 bits per heavy atom. The lowest BCUT2D eigenvalue weighted by atomic mass is 9.97. The molecule has 2 aromatic carbocycles. The summed E-state index contributed by atoms with van der Waals surface area (Å²) < 4.78 is 1.16. The Bertz CT molecular complexity index is 699. The van der Waals surface area contributed by atoms with Gasteiger partial charge in [-0.2, -0.15) is 0 Å². The van der Waals surface area contributed by atoms with Gasteiger partial charge in [0.15, 0.2) is 0 Å². The molecule has 2 N–H and O–H groups in total. The van der Waals surface area contributed by atoms with Gasteiger partial charge in [-0.25, -0.2) is 0 Å². The fraction of sp³-hybridized carbons (Fsp3) is 0.125. The molecule has 0 aliphatic rings. The van der Waals surface area contributed by atoms with Gasteiger partial charge in [-0.1, -0.05) is 42.5 Å². The summed E-state index contributed by atoms with van der Waals surface area (Å²) in [7, 11) is 0. The second-order valence-electron chi connectivity index (χ2n) is 4.57. The van der Waals surface area contributed by atoms with Crippen molar-refractivity contribution in [1.82, 2.24) is 0 Å². The van der Waals surface area contributed by atoms with Crippen LogP contribution in [0.15, 0.2) is 58.4 Å². The number of rotatable bonds is 3. The van der Waals surface area contributed by atoms with Crippen molar-refractivity contribution in [2.75, 3.05) is 0 Å². The van der Waals surface area contributed by atoms with E-state index in [0.29, 0.717) is 0 Å². The summed E-state index contributed by atoms with van der Waals surface area (Å²) in [6.07, 6.45) is 0.867. The molecule has 1 nitrogen and oxygen atoms in total. The summed E-state index contributed by atoms with van der Waals surface area (Å²) in [4.78, 5) is 1.31. The predicted octanol–water partition coefficient (Wildman–Crippen LogP) is 4.91. The molecule has 1 heterocycles. The first-order valence-electron chi connectivity index (χ1n) is 6.21. The van der Waals surface area contributed by atoms with E-state index < -0.39 is 0 Å². The molecule has 0 aliphatic heterocycles. The monoisotopic (exact) mass is 331 g/mol. The summed E-state index contributed by atoms with van der Waals surface area (Å²) in [5, 5.41) is 4.60. The van der Waals surface area contributed by atoms with Gasteiger partial charge in [0.1, 0.15) is 0 Å². The van der Waals surface area contributed by atoms with Gasteiger partial charge in [0.05, 0.1) is 0 Å². The van der Waals surface area contributed by atoms with E-state index in [0.717, 1.165) is 10.9 Å². The van der Waals surface area contributed by atoms with Crippen LogP contribution in [-0.4, -0.2) is 0 Å². The Morgan fingerprint density at radius 1 is 1.05 bits per heavy atom. The molecule has 0 aliphatic carbocycles. The van der Waals surface area contributed by atoms with Crippen LogP contribution in [0.5, 0.6) is 0 Å². The third-order valence-electron chi connectivity index (χ3n) is 3.32. The van der Waals surface area contributed by atoms with Crippen LogP contribution in [0.4, 0.5) is 0 Å². The molecule has 19 heavy (non-hydrogen) atoms. The number of fused-ring (bicyclic) bond motifs is 1. The quantitative estimate of drug-likeness (QED) is 0.725. The molecule has 3 aromatic rings. The van der Waals surface area contributed by atoms with E-state index in [1.165, 1.54) is 21.2 Å². The fourth-order valence-corrected chi connectivity index (χ4v) is 3.93. The summed E-state index contributed by atoms with van der Waals surface area (Å²) >= 11 is 5.32. The molecule has 0 amide bonds. The van der Waals surface area contributed by atoms with Gasteiger partial charge in [0, 0.05) is 21.8 Å². The molecular formula is C16H14BrNS. The van der Waals surface area contributed by atoms with E-state index in [2.05, 4.69) is 69.8 Å². The van der Waals surface area contributed by atoms with Crippen LogP contribution in [0.3, 0.4) is 0 Å². The van der Waals surface area contributed by atoms with Gasteiger partial charge in [-0.3, -0.25) is 0 Å². The van der Waals surface area contributed by atoms with Crippen LogP contribution in [0.2, 0.25) is 0 Å². The highest BCUT2D eigenvalue weighted by Gasteiger charge is 2.12. The molecule has 0 fully saturated rings. The average Bonchev–Trinajstić information content (AvgIpc) is 2.83. The van der Waals surface area contributed by atoms with E-state index in [1.807, 2.05) is 0 Å². The van der Waals surface area contributed by atoms with Gasteiger partial charge in [0.25, 0.3) is 0 Å². The van der Waals surface area contributed by atoms with E-state index in [-0.39, 0.29) is 6.04 Å². The van der Waals surface area contributed by atoms with E-state index in [1.54, 1.807) is 11.3 Å². The summed E-state index contributed by atoms with van der Waals surface area (Å²) in [6, 6.07) is 16.9. The van der Waals surface area contributed by atoms with Crippen LogP contribution in [0.25, 0.3) is 10.8 Å². The molecule has 3 heteroatoms. The molecule has 1 atom stereocenters. The van der Waals surface area contributed by atoms with Crippen molar-refractivity contribution in [1.29, 1.82) is 0 Å². The first-order chi connectivity index (χ1) is 9.25. The van der Waals surface area contributed by atoms with Crippen molar-refractivity contribution in [2.24, 2.45) is 5.73 Å². The zero-order valence-corrected chi connectivity index (χ0v) is 12.7. The Morgan fingerprint density at radius 2 is 1.84 bits per heavy atom. The second kappa shape index (κ2) is 5.45. The minimum absolute atomic E-state index is 0.0287. The van der Waals surface area contributed by atoms with Crippen LogP contribution in [0.1, 0.15) is 16.5 Å². The van der Waals surface area contributed by atoms with E-state index >= 15 is 0 Å². The van der Waals surface area contributed by atoms with Gasteiger partial charge in [-0.15, -0.1) is 11.3 Å². The molecule has 96 valence electrons. The maximum atomic E-state index is 6.41. The van der Waals surface area contributed by atoms with E-state index in [4.69, 9.17) is 5.73 Å². The number of benzene rings is 2. The zero-order chi connectivity index (χ0) is 13.2. The molecule has 0 radical (unpaired) electrons. The first kappa shape index (κ1) is 12.9. The highest BCUT2D eigenvalue weighted by atomic mass is 79.9. The predicted molar refractivity (Wildman–Crippen MR) is 86.6 cm³/mol. The standard InChI is InChI=1S/C16H14BrNS/c17-14-8-9-19-16(14)10-15(18)13-7-3-5-11-4-1-2-6-12(11)13/h1-9,15H,10,18H2. The van der Waals surface area contributed by atoms with Crippen molar-refractivity contribution < 1.29 is 0 Å². The zero-order valence-electron chi connectivity index (χ0n) is 10.3. The maximum absolute atomic E-state index is 6.41. The highest BCUT2D eigenvalue weighted by molar-refractivity contribution is 9.10. The molecule has 0 saturated carbocycles. The van der Waals surface area contributed by atoms with Crippen LogP contribution in [0, 0.1) is 0 Å². The van der Waals surface area contributed by atoms with Gasteiger partial charge >= 0.3 is 0 Å². The maximum Gasteiger partial charge on any atom is 0.0350 e. The largest absolute Gasteiger partial charge is 0.324 e. The molecule has 1 unspecified atom stereocenters. The molecule has 0 saturated heterocycles. The minimum atomic E-state index is 0.0287. The molecule has 3 rings (SSSR count). The lowest BCUT2D eigenvalue weighted by molar-refractivity contribution is 0.735. The third-order valence-corrected chi connectivity index (χ3v) is 5.27. The van der Waals surface area contributed by atoms with Crippen molar-refractivity contribution >= 4 is 38.0 Å². The lowest BCUT2D eigenvalue weighted by Crippen LogP contribution is -2.13. The molecular weight excluding hydrogens is 318 g/mol. The average molecular weight is 332 g/mol. The van der Waals surface area contributed by atoms with Crippen LogP contribution >= 0.6 is 27.3 Å². The normalized spacial score (nSPS) is 12.7. The molecule has 0 spiro atoms. The van der Waals surface area contributed by atoms with Crippen molar-refractivity contribution in [3.63, 3.8) is 0 Å². The Labute approximate surface area is 125 Å². The van der Waals surface area contributed by atoms with Gasteiger partial charge < -0.3 is 5.73 Å². The Kier molecular flexibility index (Phi) is 3.69. The van der Waals surface area contributed by atoms with Gasteiger partial charge in [-0.05, 0) is 43.7 Å². The fourth-order valence-electron chi connectivity index (χ4n) is 2.35. The highest BCUT2D eigenvalue weighted by Crippen LogP contribution is 2.30. The van der Waals surface area contributed by atoms with Crippen molar-refractivity contribution in [3.05, 3.63) is 68.8 Å². The number of hydrogen-bond donors (Lipinski definition) is 1. The summed E-state index contributed by atoms with van der Waals surface area (Å²) in [5.41, 5.74) is 7.63. The van der Waals surface area contributed by atoms with E-state index in [9.17, 15) is 0 Å². The third kappa shape index (κ3) is 2.59. The molecule has 0 bridgehead atoms. The SMILES string of the molecule is NC(Cc1sccc1Br)c1cccc2ccccc12. The molecule has 1 aromatic heterocycles. The number of nitrogens with two attached hydrogens (primary N) is 1. The topological polar surface area (TPSA) is 26.0 Å². The minimum Gasteiger partial charge on any atom is -0.324 e. The summed E-state index contributed by atoms with van der Waals surface area (Å²) in [5.74, 6) is 0. The van der Waals surface area contributed by atoms with Crippen molar-refractivity contribution in [2.45, 2.75) is 12.5 Å². The lowest BCUT2D eigenvalue weighted by Gasteiger charge is -2.14. The second-order valence-corrected chi connectivity index (χ2v) is 6.43. The van der Waals surface area contributed by atoms with Crippen LogP contribution < -0.4 is 5.73 Å². The number of hydrogen-bond acceptors (Lipinski definition) is 2. The van der Waals surface area contributed by atoms with Crippen LogP contribution in [-0.2, 0) is 6.42 Å². The first-order valence-corrected chi connectivity index (χ1v) is 7.88. The number of thiophene rings is 1. The Hall–Kier alpha value is -1.16. The van der Waals surface area contributed by atoms with Gasteiger partial charge in [0.2, 0.25) is 0 Å². The van der Waals surface area contributed by atoms with Crippen molar-refractivity contribution in [3.8, 4) is 0 Å². The smallest absolute Gasteiger partial charge is 0.0350 e. The number of halogens is 1.